The van der Waals surface area contributed by atoms with Gasteiger partial charge in [-0.25, -0.2) is 0 Å². The second-order valence-electron chi connectivity index (χ2n) is 7.21. The molecular weight excluding hydrogens is 322 g/mol. The van der Waals surface area contributed by atoms with Crippen molar-refractivity contribution in [1.29, 1.82) is 0 Å². The molecule has 0 bridgehead atoms. The number of nitro benzene ring substituents is 1. The van der Waals surface area contributed by atoms with Gasteiger partial charge in [0.1, 0.15) is 5.75 Å². The van der Waals surface area contributed by atoms with Gasteiger partial charge in [0, 0.05) is 35.8 Å². The van der Waals surface area contributed by atoms with Gasteiger partial charge in [-0.3, -0.25) is 15.0 Å². The summed E-state index contributed by atoms with van der Waals surface area (Å²) >= 11 is 0. The molecule has 0 N–H and O–H groups in total. The van der Waals surface area contributed by atoms with Gasteiger partial charge < -0.3 is 14.4 Å². The Balaban J connectivity index is 1.45. The number of fused-ring (bicyclic) bond motifs is 1. The van der Waals surface area contributed by atoms with E-state index in [2.05, 4.69) is 9.80 Å². The number of non-ortho nitro benzene ring substituents is 1. The molecule has 1 aromatic rings. The molecule has 3 aliphatic heterocycles. The van der Waals surface area contributed by atoms with Gasteiger partial charge in [0.05, 0.1) is 11.5 Å². The first kappa shape index (κ1) is 16.8. The average molecular weight is 347 g/mol. The van der Waals surface area contributed by atoms with Crippen LogP contribution in [-0.4, -0.2) is 53.7 Å². The summed E-state index contributed by atoms with van der Waals surface area (Å²) in [5, 5.41) is 11.2. The van der Waals surface area contributed by atoms with Crippen molar-refractivity contribution in [2.75, 3.05) is 33.0 Å². The summed E-state index contributed by atoms with van der Waals surface area (Å²) in [7, 11) is 0. The standard InChI is InChI=1S/C18H25N3O4/c22-21(23)17-9-14(18-15(10-17)12-24-13-25-18)11-19-7-3-16(4-8-19)20-5-1-2-6-20/h9-10,16H,1-8,11-13H2. The van der Waals surface area contributed by atoms with Gasteiger partial charge in [0.15, 0.2) is 6.79 Å². The molecule has 4 rings (SSSR count). The van der Waals surface area contributed by atoms with Gasteiger partial charge in [-0.2, -0.15) is 0 Å². The monoisotopic (exact) mass is 347 g/mol. The number of piperidine rings is 1. The lowest BCUT2D eigenvalue weighted by atomic mass is 10.0. The van der Waals surface area contributed by atoms with Crippen molar-refractivity contribution in [3.63, 3.8) is 0 Å². The van der Waals surface area contributed by atoms with Crippen molar-refractivity contribution in [3.8, 4) is 5.75 Å². The van der Waals surface area contributed by atoms with Crippen molar-refractivity contribution >= 4 is 5.69 Å². The van der Waals surface area contributed by atoms with Crippen molar-refractivity contribution in [1.82, 2.24) is 9.80 Å². The Morgan fingerprint density at radius 1 is 1.16 bits per heavy atom. The predicted octanol–water partition coefficient (Wildman–Crippen LogP) is 2.52. The molecule has 7 heteroatoms. The Hall–Kier alpha value is -1.70. The van der Waals surface area contributed by atoms with E-state index in [0.717, 1.165) is 30.0 Å². The van der Waals surface area contributed by atoms with E-state index < -0.39 is 0 Å². The summed E-state index contributed by atoms with van der Waals surface area (Å²) in [5.41, 5.74) is 1.81. The molecule has 3 heterocycles. The van der Waals surface area contributed by atoms with Crippen LogP contribution >= 0.6 is 0 Å². The highest BCUT2D eigenvalue weighted by atomic mass is 16.7. The van der Waals surface area contributed by atoms with Crippen LogP contribution in [0.3, 0.4) is 0 Å². The Morgan fingerprint density at radius 3 is 2.64 bits per heavy atom. The molecule has 0 aliphatic carbocycles. The number of hydrogen-bond donors (Lipinski definition) is 0. The highest BCUT2D eigenvalue weighted by molar-refractivity contribution is 5.50. The molecule has 7 nitrogen and oxygen atoms in total. The maximum atomic E-state index is 11.2. The van der Waals surface area contributed by atoms with E-state index in [4.69, 9.17) is 9.47 Å². The van der Waals surface area contributed by atoms with E-state index in [-0.39, 0.29) is 17.4 Å². The van der Waals surface area contributed by atoms with E-state index in [9.17, 15) is 10.1 Å². The first-order chi connectivity index (χ1) is 12.2. The zero-order chi connectivity index (χ0) is 17.2. The SMILES string of the molecule is O=[N+]([O-])c1cc2c(c(CN3CCC(N4CCCC4)CC3)c1)OCOC2. The summed E-state index contributed by atoms with van der Waals surface area (Å²) in [6, 6.07) is 3.94. The molecule has 0 unspecified atom stereocenters. The molecular formula is C18H25N3O4. The highest BCUT2D eigenvalue weighted by Gasteiger charge is 2.28. The van der Waals surface area contributed by atoms with Crippen LogP contribution in [0.4, 0.5) is 5.69 Å². The lowest BCUT2D eigenvalue weighted by Crippen LogP contribution is -2.43. The van der Waals surface area contributed by atoms with Gasteiger partial charge in [-0.1, -0.05) is 0 Å². The van der Waals surface area contributed by atoms with Crippen molar-refractivity contribution < 1.29 is 14.4 Å². The largest absolute Gasteiger partial charge is 0.467 e. The van der Waals surface area contributed by atoms with Crippen LogP contribution in [0.25, 0.3) is 0 Å². The average Bonchev–Trinajstić information content (AvgIpc) is 3.17. The molecule has 3 aliphatic rings. The summed E-state index contributed by atoms with van der Waals surface area (Å²) in [6.45, 7) is 5.87. The molecule has 0 aromatic heterocycles. The molecule has 0 atom stereocenters. The molecule has 2 fully saturated rings. The molecule has 0 amide bonds. The van der Waals surface area contributed by atoms with Crippen LogP contribution in [0.1, 0.15) is 36.8 Å². The Kier molecular flexibility index (Phi) is 4.87. The topological polar surface area (TPSA) is 68.1 Å². The van der Waals surface area contributed by atoms with E-state index in [1.54, 1.807) is 12.1 Å². The van der Waals surface area contributed by atoms with E-state index in [1.807, 2.05) is 0 Å². The van der Waals surface area contributed by atoms with Crippen LogP contribution in [0.15, 0.2) is 12.1 Å². The fourth-order valence-corrected chi connectivity index (χ4v) is 4.29. The minimum Gasteiger partial charge on any atom is -0.467 e. The van der Waals surface area contributed by atoms with Gasteiger partial charge in [0.2, 0.25) is 0 Å². The molecule has 0 radical (unpaired) electrons. The number of hydrogen-bond acceptors (Lipinski definition) is 6. The van der Waals surface area contributed by atoms with Crippen LogP contribution < -0.4 is 4.74 Å². The first-order valence-corrected chi connectivity index (χ1v) is 9.18. The normalized spacial score (nSPS) is 22.6. The third-order valence-electron chi connectivity index (χ3n) is 5.59. The maximum Gasteiger partial charge on any atom is 0.270 e. The Labute approximate surface area is 147 Å². The third-order valence-corrected chi connectivity index (χ3v) is 5.59. The summed E-state index contributed by atoms with van der Waals surface area (Å²) in [5.74, 6) is 0.776. The molecule has 136 valence electrons. The molecule has 2 saturated heterocycles. The summed E-state index contributed by atoms with van der Waals surface area (Å²) in [4.78, 5) is 15.9. The van der Waals surface area contributed by atoms with Crippen molar-refractivity contribution in [3.05, 3.63) is 33.4 Å². The Bertz CT molecular complexity index is 637. The third kappa shape index (κ3) is 3.63. The van der Waals surface area contributed by atoms with Crippen LogP contribution in [0.2, 0.25) is 0 Å². The second kappa shape index (κ2) is 7.27. The number of nitrogens with zero attached hydrogens (tertiary/aromatic N) is 3. The van der Waals surface area contributed by atoms with Crippen molar-refractivity contribution in [2.45, 2.75) is 44.9 Å². The minimum atomic E-state index is -0.335. The summed E-state index contributed by atoms with van der Waals surface area (Å²) < 4.78 is 10.9. The Morgan fingerprint density at radius 2 is 1.92 bits per heavy atom. The fraction of sp³-hybridized carbons (Fsp3) is 0.667. The van der Waals surface area contributed by atoms with E-state index >= 15 is 0 Å². The van der Waals surface area contributed by atoms with Crippen LogP contribution in [-0.2, 0) is 17.9 Å². The van der Waals surface area contributed by atoms with Crippen LogP contribution in [0, 0.1) is 10.1 Å². The van der Waals surface area contributed by atoms with Gasteiger partial charge in [-0.15, -0.1) is 0 Å². The van der Waals surface area contributed by atoms with Gasteiger partial charge in [-0.05, 0) is 51.9 Å². The molecule has 0 spiro atoms. The number of ether oxygens (including phenoxy) is 2. The molecule has 25 heavy (non-hydrogen) atoms. The summed E-state index contributed by atoms with van der Waals surface area (Å²) in [6.07, 6.45) is 5.03. The van der Waals surface area contributed by atoms with Crippen LogP contribution in [0.5, 0.6) is 5.75 Å². The number of nitro groups is 1. The van der Waals surface area contributed by atoms with E-state index in [0.29, 0.717) is 19.2 Å². The number of rotatable bonds is 4. The van der Waals surface area contributed by atoms with Gasteiger partial charge in [0.25, 0.3) is 5.69 Å². The zero-order valence-corrected chi connectivity index (χ0v) is 14.5. The number of likely N-dealkylation sites (tertiary alicyclic amines) is 2. The lowest BCUT2D eigenvalue weighted by Gasteiger charge is -2.37. The highest BCUT2D eigenvalue weighted by Crippen LogP contribution is 2.34. The molecule has 0 saturated carbocycles. The smallest absolute Gasteiger partial charge is 0.270 e. The quantitative estimate of drug-likeness (QED) is 0.616. The fourth-order valence-electron chi connectivity index (χ4n) is 4.29. The zero-order valence-electron chi connectivity index (χ0n) is 14.5. The second-order valence-corrected chi connectivity index (χ2v) is 7.21. The maximum absolute atomic E-state index is 11.2. The van der Waals surface area contributed by atoms with Crippen molar-refractivity contribution in [2.24, 2.45) is 0 Å². The minimum absolute atomic E-state index is 0.120. The first-order valence-electron chi connectivity index (χ1n) is 9.18. The predicted molar refractivity (Wildman–Crippen MR) is 92.5 cm³/mol. The van der Waals surface area contributed by atoms with E-state index in [1.165, 1.54) is 38.8 Å². The van der Waals surface area contributed by atoms with Gasteiger partial charge >= 0.3 is 0 Å². The number of benzene rings is 1. The lowest BCUT2D eigenvalue weighted by molar-refractivity contribution is -0.385. The molecule has 1 aromatic carbocycles.